The molecule has 1 aliphatic rings. The lowest BCUT2D eigenvalue weighted by Gasteiger charge is -2.24. The van der Waals surface area contributed by atoms with Gasteiger partial charge in [0.15, 0.2) is 11.5 Å². The predicted molar refractivity (Wildman–Crippen MR) is 133 cm³/mol. The van der Waals surface area contributed by atoms with Crippen LogP contribution in [0.5, 0.6) is 11.5 Å². The smallest absolute Gasteiger partial charge is 0.338 e. The number of hydrogen-bond donors (Lipinski definition) is 0. The second-order valence-corrected chi connectivity index (χ2v) is 10.5. The summed E-state index contributed by atoms with van der Waals surface area (Å²) in [5.74, 6) is 0.436. The van der Waals surface area contributed by atoms with Crippen molar-refractivity contribution in [3.63, 3.8) is 0 Å². The first-order valence-corrected chi connectivity index (χ1v) is 13.1. The number of hydrogen-bond acceptors (Lipinski definition) is 6. The Morgan fingerprint density at radius 3 is 2.34 bits per heavy atom. The zero-order chi connectivity index (χ0) is 25.0. The average Bonchev–Trinajstić information content (AvgIpc) is 2.85. The van der Waals surface area contributed by atoms with Crippen LogP contribution in [0.4, 0.5) is 0 Å². The first kappa shape index (κ1) is 25.3. The van der Waals surface area contributed by atoms with Crippen molar-refractivity contribution in [2.45, 2.75) is 24.9 Å². The minimum Gasteiger partial charge on any atom is -0.486 e. The maximum atomic E-state index is 13.8. The fourth-order valence-electron chi connectivity index (χ4n) is 3.56. The van der Waals surface area contributed by atoms with Gasteiger partial charge in [-0.1, -0.05) is 41.4 Å². The molecule has 0 aliphatic carbocycles. The molecule has 0 radical (unpaired) electrons. The minimum atomic E-state index is -3.98. The molecule has 1 aliphatic heterocycles. The topological polar surface area (TPSA) is 82.1 Å². The Labute approximate surface area is 214 Å². The van der Waals surface area contributed by atoms with Crippen LogP contribution in [-0.2, 0) is 27.8 Å². The van der Waals surface area contributed by atoms with E-state index >= 15 is 0 Å². The standard InChI is InChI=1S/C25H23Cl2NO6S/c1-2-32-25(29)18-5-3-17(4-6-18)15-28(16-19-7-8-20(26)13-22(19)27)35(30,31)21-9-10-23-24(14-21)34-12-11-33-23/h3-10,13-14H,2,11-12,15-16H2,1H3. The van der Waals surface area contributed by atoms with Crippen molar-refractivity contribution in [2.24, 2.45) is 0 Å². The molecule has 7 nitrogen and oxygen atoms in total. The summed E-state index contributed by atoms with van der Waals surface area (Å²) >= 11 is 12.4. The highest BCUT2D eigenvalue weighted by atomic mass is 35.5. The van der Waals surface area contributed by atoms with Crippen LogP contribution in [0.15, 0.2) is 65.6 Å². The maximum Gasteiger partial charge on any atom is 0.338 e. The normalized spacial score (nSPS) is 13.0. The van der Waals surface area contributed by atoms with E-state index in [4.69, 9.17) is 37.4 Å². The van der Waals surface area contributed by atoms with Gasteiger partial charge in [0.05, 0.1) is 17.1 Å². The van der Waals surface area contributed by atoms with Crippen LogP contribution < -0.4 is 9.47 Å². The highest BCUT2D eigenvalue weighted by molar-refractivity contribution is 7.89. The van der Waals surface area contributed by atoms with Crippen molar-refractivity contribution < 1.29 is 27.4 Å². The summed E-state index contributed by atoms with van der Waals surface area (Å²) in [4.78, 5) is 12.0. The Balaban J connectivity index is 1.67. The molecule has 0 N–H and O–H groups in total. The van der Waals surface area contributed by atoms with E-state index < -0.39 is 16.0 Å². The van der Waals surface area contributed by atoms with E-state index in [0.29, 0.717) is 51.4 Å². The molecule has 4 rings (SSSR count). The van der Waals surface area contributed by atoms with Gasteiger partial charge in [0, 0.05) is 29.2 Å². The van der Waals surface area contributed by atoms with E-state index in [1.165, 1.54) is 16.4 Å². The van der Waals surface area contributed by atoms with Gasteiger partial charge in [-0.3, -0.25) is 0 Å². The van der Waals surface area contributed by atoms with Crippen molar-refractivity contribution in [2.75, 3.05) is 19.8 Å². The van der Waals surface area contributed by atoms with Gasteiger partial charge in [0.2, 0.25) is 10.0 Å². The average molecular weight is 536 g/mol. The lowest BCUT2D eigenvalue weighted by Crippen LogP contribution is -2.30. The zero-order valence-electron chi connectivity index (χ0n) is 18.9. The lowest BCUT2D eigenvalue weighted by atomic mass is 10.1. The SMILES string of the molecule is CCOC(=O)c1ccc(CN(Cc2ccc(Cl)cc2Cl)S(=O)(=O)c2ccc3c(c2)OCCO3)cc1. The molecule has 3 aromatic rings. The van der Waals surface area contributed by atoms with Gasteiger partial charge in [-0.2, -0.15) is 4.31 Å². The molecule has 0 amide bonds. The molecule has 0 saturated carbocycles. The number of nitrogens with zero attached hydrogens (tertiary/aromatic N) is 1. The molecule has 1 heterocycles. The third kappa shape index (κ3) is 5.90. The van der Waals surface area contributed by atoms with Gasteiger partial charge in [-0.05, 0) is 54.4 Å². The molecule has 0 fully saturated rings. The molecule has 3 aromatic carbocycles. The molecular formula is C25H23Cl2NO6S. The van der Waals surface area contributed by atoms with Gasteiger partial charge >= 0.3 is 5.97 Å². The van der Waals surface area contributed by atoms with Crippen LogP contribution in [0.25, 0.3) is 0 Å². The lowest BCUT2D eigenvalue weighted by molar-refractivity contribution is 0.0526. The summed E-state index contributed by atoms with van der Waals surface area (Å²) in [6.07, 6.45) is 0. The number of sulfonamides is 1. The summed E-state index contributed by atoms with van der Waals surface area (Å²) in [6.45, 7) is 2.79. The number of esters is 1. The highest BCUT2D eigenvalue weighted by Gasteiger charge is 2.28. The van der Waals surface area contributed by atoms with E-state index in [0.717, 1.165) is 0 Å². The van der Waals surface area contributed by atoms with Gasteiger partial charge in [0.25, 0.3) is 0 Å². The molecule has 10 heteroatoms. The van der Waals surface area contributed by atoms with E-state index in [1.54, 1.807) is 55.5 Å². The number of fused-ring (bicyclic) bond motifs is 1. The summed E-state index contributed by atoms with van der Waals surface area (Å²) in [7, 11) is -3.98. The fourth-order valence-corrected chi connectivity index (χ4v) is 5.45. The second kappa shape index (κ2) is 10.9. The number of ether oxygens (including phenoxy) is 3. The Hall–Kier alpha value is -2.78. The van der Waals surface area contributed by atoms with Crippen molar-refractivity contribution in [3.8, 4) is 11.5 Å². The number of carbonyl (C=O) groups is 1. The Kier molecular flexibility index (Phi) is 7.86. The molecular weight excluding hydrogens is 513 g/mol. The first-order valence-electron chi connectivity index (χ1n) is 10.9. The van der Waals surface area contributed by atoms with E-state index in [2.05, 4.69) is 0 Å². The summed E-state index contributed by atoms with van der Waals surface area (Å²) in [6, 6.07) is 16.1. The quantitative estimate of drug-likeness (QED) is 0.362. The van der Waals surface area contributed by atoms with Gasteiger partial charge < -0.3 is 14.2 Å². The van der Waals surface area contributed by atoms with Crippen LogP contribution in [0.1, 0.15) is 28.4 Å². The van der Waals surface area contributed by atoms with Gasteiger partial charge in [0.1, 0.15) is 13.2 Å². The second-order valence-electron chi connectivity index (χ2n) is 7.73. The molecule has 0 atom stereocenters. The number of rotatable bonds is 8. The highest BCUT2D eigenvalue weighted by Crippen LogP contribution is 2.34. The fraction of sp³-hybridized carbons (Fsp3) is 0.240. The molecule has 0 bridgehead atoms. The van der Waals surface area contributed by atoms with E-state index in [-0.39, 0.29) is 24.6 Å². The maximum absolute atomic E-state index is 13.8. The molecule has 0 spiro atoms. The first-order chi connectivity index (χ1) is 16.8. The zero-order valence-corrected chi connectivity index (χ0v) is 21.2. The summed E-state index contributed by atoms with van der Waals surface area (Å²) in [5.41, 5.74) is 1.67. The van der Waals surface area contributed by atoms with Gasteiger partial charge in [-0.25, -0.2) is 13.2 Å². The summed E-state index contributed by atoms with van der Waals surface area (Å²) < 4.78 is 44.9. The van der Waals surface area contributed by atoms with Crippen molar-refractivity contribution >= 4 is 39.2 Å². The Morgan fingerprint density at radius 2 is 1.66 bits per heavy atom. The largest absolute Gasteiger partial charge is 0.486 e. The van der Waals surface area contributed by atoms with Crippen molar-refractivity contribution in [1.29, 1.82) is 0 Å². The molecule has 35 heavy (non-hydrogen) atoms. The molecule has 0 saturated heterocycles. The van der Waals surface area contributed by atoms with Gasteiger partial charge in [-0.15, -0.1) is 0 Å². The monoisotopic (exact) mass is 535 g/mol. The Morgan fingerprint density at radius 1 is 0.943 bits per heavy atom. The number of carbonyl (C=O) groups excluding carboxylic acids is 1. The summed E-state index contributed by atoms with van der Waals surface area (Å²) in [5, 5.41) is 0.812. The third-order valence-electron chi connectivity index (χ3n) is 5.34. The van der Waals surface area contributed by atoms with E-state index in [9.17, 15) is 13.2 Å². The van der Waals surface area contributed by atoms with Crippen LogP contribution in [0.2, 0.25) is 10.0 Å². The molecule has 0 aromatic heterocycles. The number of benzene rings is 3. The minimum absolute atomic E-state index is 0.00635. The van der Waals surface area contributed by atoms with Crippen molar-refractivity contribution in [1.82, 2.24) is 4.31 Å². The predicted octanol–water partition coefficient (Wildman–Crippen LogP) is 5.33. The van der Waals surface area contributed by atoms with Crippen LogP contribution >= 0.6 is 23.2 Å². The Bertz CT molecular complexity index is 1330. The molecule has 0 unspecified atom stereocenters. The number of halogens is 2. The third-order valence-corrected chi connectivity index (χ3v) is 7.71. The van der Waals surface area contributed by atoms with Crippen LogP contribution in [0, 0.1) is 0 Å². The van der Waals surface area contributed by atoms with Crippen LogP contribution in [-0.4, -0.2) is 38.5 Å². The van der Waals surface area contributed by atoms with E-state index in [1.807, 2.05) is 0 Å². The van der Waals surface area contributed by atoms with Crippen LogP contribution in [0.3, 0.4) is 0 Å². The molecule has 184 valence electrons. The van der Waals surface area contributed by atoms with Crippen molar-refractivity contribution in [3.05, 3.63) is 87.4 Å².